The van der Waals surface area contributed by atoms with Gasteiger partial charge in [-0.3, -0.25) is 9.59 Å². The Morgan fingerprint density at radius 2 is 2.00 bits per heavy atom. The molecule has 1 aromatic rings. The summed E-state index contributed by atoms with van der Waals surface area (Å²) in [5, 5.41) is 2.82. The molecule has 1 unspecified atom stereocenters. The molecule has 3 rings (SSSR count). The monoisotopic (exact) mass is 276 g/mol. The Labute approximate surface area is 117 Å². The lowest BCUT2D eigenvalue weighted by Gasteiger charge is -2.15. The third-order valence-corrected chi connectivity index (χ3v) is 3.90. The summed E-state index contributed by atoms with van der Waals surface area (Å²) in [4.78, 5) is 25.7. The molecule has 1 saturated carbocycles. The quantitative estimate of drug-likeness (QED) is 0.905. The van der Waals surface area contributed by atoms with Crippen molar-refractivity contribution < 1.29 is 14.0 Å². The molecule has 1 atom stereocenters. The maximum atomic E-state index is 12.8. The van der Waals surface area contributed by atoms with Crippen molar-refractivity contribution in [2.75, 3.05) is 6.54 Å². The van der Waals surface area contributed by atoms with Crippen molar-refractivity contribution in [3.05, 3.63) is 35.6 Å². The van der Waals surface area contributed by atoms with Crippen molar-refractivity contribution in [1.29, 1.82) is 0 Å². The van der Waals surface area contributed by atoms with Gasteiger partial charge in [-0.15, -0.1) is 0 Å². The second kappa shape index (κ2) is 5.23. The lowest BCUT2D eigenvalue weighted by Crippen LogP contribution is -2.33. The largest absolute Gasteiger partial charge is 0.352 e. The van der Waals surface area contributed by atoms with Crippen LogP contribution in [0.1, 0.15) is 24.8 Å². The highest BCUT2D eigenvalue weighted by Crippen LogP contribution is 2.32. The molecule has 0 spiro atoms. The van der Waals surface area contributed by atoms with E-state index in [9.17, 15) is 14.0 Å². The molecule has 0 bridgehead atoms. The predicted molar refractivity (Wildman–Crippen MR) is 71.1 cm³/mol. The summed E-state index contributed by atoms with van der Waals surface area (Å²) < 4.78 is 12.8. The Hall–Kier alpha value is -1.91. The number of amides is 2. The van der Waals surface area contributed by atoms with Gasteiger partial charge in [-0.1, -0.05) is 12.1 Å². The standard InChI is InChI=1S/C15H17FN2O2/c16-12-3-1-10(2-4-12)8-17-15(20)11-7-14(19)18(9-11)13-5-6-13/h1-4,11,13H,5-9H2,(H,17,20). The number of hydrogen-bond acceptors (Lipinski definition) is 2. The molecule has 0 aromatic heterocycles. The van der Waals surface area contributed by atoms with Gasteiger partial charge in [-0.05, 0) is 30.5 Å². The average Bonchev–Trinajstić information content (AvgIpc) is 3.21. The van der Waals surface area contributed by atoms with E-state index in [2.05, 4.69) is 5.32 Å². The van der Waals surface area contributed by atoms with E-state index >= 15 is 0 Å². The maximum absolute atomic E-state index is 12.8. The molecule has 2 fully saturated rings. The normalized spacial score (nSPS) is 22.1. The predicted octanol–water partition coefficient (Wildman–Crippen LogP) is 1.45. The molecule has 1 N–H and O–H groups in total. The molecule has 106 valence electrons. The second-order valence-electron chi connectivity index (χ2n) is 5.52. The van der Waals surface area contributed by atoms with Gasteiger partial charge in [0.2, 0.25) is 11.8 Å². The third kappa shape index (κ3) is 2.81. The molecule has 1 heterocycles. The number of benzene rings is 1. The first-order valence-corrected chi connectivity index (χ1v) is 6.95. The number of halogens is 1. The first-order chi connectivity index (χ1) is 9.63. The van der Waals surface area contributed by atoms with E-state index in [1.54, 1.807) is 12.1 Å². The van der Waals surface area contributed by atoms with Crippen LogP contribution in [0.2, 0.25) is 0 Å². The van der Waals surface area contributed by atoms with Crippen molar-refractivity contribution in [2.45, 2.75) is 31.8 Å². The minimum absolute atomic E-state index is 0.0918. The molecule has 1 saturated heterocycles. The van der Waals surface area contributed by atoms with Crippen LogP contribution >= 0.6 is 0 Å². The molecule has 20 heavy (non-hydrogen) atoms. The van der Waals surface area contributed by atoms with Crippen LogP contribution in [0.4, 0.5) is 4.39 Å². The highest BCUT2D eigenvalue weighted by atomic mass is 19.1. The van der Waals surface area contributed by atoms with E-state index in [0.29, 0.717) is 25.6 Å². The second-order valence-corrected chi connectivity index (χ2v) is 5.52. The van der Waals surface area contributed by atoms with Gasteiger partial charge in [0, 0.05) is 25.6 Å². The Morgan fingerprint density at radius 1 is 1.30 bits per heavy atom. The zero-order valence-electron chi connectivity index (χ0n) is 11.1. The van der Waals surface area contributed by atoms with Crippen LogP contribution in [-0.4, -0.2) is 29.3 Å². The summed E-state index contributed by atoms with van der Waals surface area (Å²) in [5.74, 6) is -0.537. The first kappa shape index (κ1) is 13.1. The van der Waals surface area contributed by atoms with Gasteiger partial charge in [0.25, 0.3) is 0 Å². The summed E-state index contributed by atoms with van der Waals surface area (Å²) in [6.45, 7) is 0.909. The smallest absolute Gasteiger partial charge is 0.225 e. The summed E-state index contributed by atoms with van der Waals surface area (Å²) in [5.41, 5.74) is 0.850. The highest BCUT2D eigenvalue weighted by Gasteiger charge is 2.41. The number of carbonyl (C=O) groups excluding carboxylic acids is 2. The molecule has 2 aliphatic rings. The zero-order valence-corrected chi connectivity index (χ0v) is 11.1. The fourth-order valence-electron chi connectivity index (χ4n) is 2.58. The Bertz CT molecular complexity index is 525. The summed E-state index contributed by atoms with van der Waals surface area (Å²) in [7, 11) is 0. The number of nitrogens with zero attached hydrogens (tertiary/aromatic N) is 1. The summed E-state index contributed by atoms with van der Waals surface area (Å²) in [6, 6.07) is 6.40. The van der Waals surface area contributed by atoms with Crippen LogP contribution in [0.15, 0.2) is 24.3 Å². The number of nitrogens with one attached hydrogen (secondary N) is 1. The van der Waals surface area contributed by atoms with E-state index in [4.69, 9.17) is 0 Å². The Kier molecular flexibility index (Phi) is 3.42. The molecule has 1 aliphatic carbocycles. The van der Waals surface area contributed by atoms with Gasteiger partial charge in [0.05, 0.1) is 5.92 Å². The van der Waals surface area contributed by atoms with Gasteiger partial charge in [0.1, 0.15) is 5.82 Å². The van der Waals surface area contributed by atoms with Crippen LogP contribution < -0.4 is 5.32 Å². The third-order valence-electron chi connectivity index (χ3n) is 3.90. The van der Waals surface area contributed by atoms with Crippen LogP contribution in [0.3, 0.4) is 0 Å². The van der Waals surface area contributed by atoms with Crippen molar-refractivity contribution in [1.82, 2.24) is 10.2 Å². The number of carbonyl (C=O) groups is 2. The van der Waals surface area contributed by atoms with E-state index in [1.807, 2.05) is 4.90 Å². The SMILES string of the molecule is O=C(NCc1ccc(F)cc1)C1CC(=O)N(C2CC2)C1. The topological polar surface area (TPSA) is 49.4 Å². The molecule has 1 aliphatic heterocycles. The summed E-state index contributed by atoms with van der Waals surface area (Å²) >= 11 is 0. The minimum atomic E-state index is -0.290. The molecule has 4 nitrogen and oxygen atoms in total. The zero-order chi connectivity index (χ0) is 14.1. The van der Waals surface area contributed by atoms with Crippen molar-refractivity contribution in [3.63, 3.8) is 0 Å². The number of hydrogen-bond donors (Lipinski definition) is 1. The molecular weight excluding hydrogens is 259 g/mol. The molecular formula is C15H17FN2O2. The number of likely N-dealkylation sites (tertiary alicyclic amines) is 1. The van der Waals surface area contributed by atoms with Crippen molar-refractivity contribution >= 4 is 11.8 Å². The van der Waals surface area contributed by atoms with Crippen molar-refractivity contribution in [2.24, 2.45) is 5.92 Å². The number of rotatable bonds is 4. The fraction of sp³-hybridized carbons (Fsp3) is 0.467. The lowest BCUT2D eigenvalue weighted by atomic mass is 10.1. The van der Waals surface area contributed by atoms with E-state index in [-0.39, 0.29) is 23.5 Å². The average molecular weight is 276 g/mol. The minimum Gasteiger partial charge on any atom is -0.352 e. The molecule has 1 aromatic carbocycles. The first-order valence-electron chi connectivity index (χ1n) is 6.95. The highest BCUT2D eigenvalue weighted by molar-refractivity contribution is 5.89. The maximum Gasteiger partial charge on any atom is 0.225 e. The Morgan fingerprint density at radius 3 is 2.65 bits per heavy atom. The summed E-state index contributed by atoms with van der Waals surface area (Å²) in [6.07, 6.45) is 2.44. The van der Waals surface area contributed by atoms with E-state index < -0.39 is 0 Å². The Balaban J connectivity index is 1.52. The van der Waals surface area contributed by atoms with Gasteiger partial charge < -0.3 is 10.2 Å². The fourth-order valence-corrected chi connectivity index (χ4v) is 2.58. The van der Waals surface area contributed by atoms with Gasteiger partial charge in [-0.2, -0.15) is 0 Å². The van der Waals surface area contributed by atoms with Gasteiger partial charge in [0.15, 0.2) is 0 Å². The molecule has 5 heteroatoms. The molecule has 0 radical (unpaired) electrons. The van der Waals surface area contributed by atoms with Crippen LogP contribution in [0, 0.1) is 11.7 Å². The van der Waals surface area contributed by atoms with Gasteiger partial charge in [-0.25, -0.2) is 4.39 Å². The van der Waals surface area contributed by atoms with E-state index in [1.165, 1.54) is 12.1 Å². The lowest BCUT2D eigenvalue weighted by molar-refractivity contribution is -0.129. The van der Waals surface area contributed by atoms with Crippen LogP contribution in [0.25, 0.3) is 0 Å². The van der Waals surface area contributed by atoms with Gasteiger partial charge >= 0.3 is 0 Å². The van der Waals surface area contributed by atoms with Crippen LogP contribution in [0.5, 0.6) is 0 Å². The molecule has 2 amide bonds. The van der Waals surface area contributed by atoms with E-state index in [0.717, 1.165) is 18.4 Å². The van der Waals surface area contributed by atoms with Crippen molar-refractivity contribution in [3.8, 4) is 0 Å². The van der Waals surface area contributed by atoms with Crippen LogP contribution in [-0.2, 0) is 16.1 Å².